The van der Waals surface area contributed by atoms with Crippen LogP contribution >= 0.6 is 0 Å². The van der Waals surface area contributed by atoms with Gasteiger partial charge in [-0.05, 0) is 42.6 Å². The molecule has 0 radical (unpaired) electrons. The van der Waals surface area contributed by atoms with Crippen LogP contribution in [-0.4, -0.2) is 36.2 Å². The molecule has 0 unspecified atom stereocenters. The fourth-order valence-electron chi connectivity index (χ4n) is 3.82. The van der Waals surface area contributed by atoms with E-state index in [-0.39, 0.29) is 36.6 Å². The molecule has 0 aromatic heterocycles. The third-order valence-electron chi connectivity index (χ3n) is 5.37. The average molecular weight is 475 g/mol. The molecule has 190 valence electrons. The minimum absolute atomic E-state index is 0.0973. The quantitative estimate of drug-likeness (QED) is 0.360. The molecular weight excluding hydrogens is 432 g/mol. The van der Waals surface area contributed by atoms with Crippen LogP contribution in [0.1, 0.15) is 72.8 Å². The number of ether oxygens (including phenoxy) is 1. The van der Waals surface area contributed by atoms with Gasteiger partial charge in [0.2, 0.25) is 5.91 Å². The van der Waals surface area contributed by atoms with Crippen LogP contribution in [0.2, 0.25) is 0 Å². The zero-order valence-corrected chi connectivity index (χ0v) is 21.5. The van der Waals surface area contributed by atoms with Crippen molar-refractivity contribution in [2.75, 3.05) is 0 Å². The zero-order valence-electron chi connectivity index (χ0n) is 21.5. The molecule has 0 aliphatic carbocycles. The number of carbonyl (C=O) groups is 4. The van der Waals surface area contributed by atoms with Crippen LogP contribution in [0, 0.1) is 23.7 Å². The van der Waals surface area contributed by atoms with Gasteiger partial charge >= 0.3 is 6.09 Å². The number of Topliss-reactive ketones (excluding diaryl/α,β-unsaturated/α-hetero) is 1. The molecule has 2 N–H and O–H groups in total. The number of alkyl carbamates (subject to hydrolysis) is 1. The van der Waals surface area contributed by atoms with E-state index >= 15 is 0 Å². The third-order valence-corrected chi connectivity index (χ3v) is 5.37. The normalized spacial score (nSPS) is 13.9. The molecule has 2 amide bonds. The number of hydrogen-bond acceptors (Lipinski definition) is 5. The Morgan fingerprint density at radius 2 is 1.38 bits per heavy atom. The number of hydrogen-bond donors (Lipinski definition) is 2. The highest BCUT2D eigenvalue weighted by molar-refractivity contribution is 5.93. The summed E-state index contributed by atoms with van der Waals surface area (Å²) >= 11 is 0. The van der Waals surface area contributed by atoms with Gasteiger partial charge in [-0.25, -0.2) is 4.79 Å². The van der Waals surface area contributed by atoms with Crippen LogP contribution in [0.15, 0.2) is 30.3 Å². The predicted octanol–water partition coefficient (Wildman–Crippen LogP) is 4.68. The average Bonchev–Trinajstić information content (AvgIpc) is 2.76. The molecule has 0 aliphatic heterocycles. The highest BCUT2D eigenvalue weighted by atomic mass is 16.5. The zero-order chi connectivity index (χ0) is 25.7. The van der Waals surface area contributed by atoms with Crippen molar-refractivity contribution in [2.45, 2.75) is 85.9 Å². The smallest absolute Gasteiger partial charge is 0.408 e. The van der Waals surface area contributed by atoms with Gasteiger partial charge in [0.05, 0.1) is 6.04 Å². The Hall–Kier alpha value is -2.70. The SMILES string of the molecule is CC(C)C[C@@H](C=O)CC(=O)[C@H](CC(C)C)NC(=O)[C@H](CC(C)C)NC(=O)OCc1ccccc1. The fraction of sp³-hybridized carbons (Fsp3) is 0.630. The number of amides is 2. The van der Waals surface area contributed by atoms with E-state index in [1.165, 1.54) is 0 Å². The van der Waals surface area contributed by atoms with Gasteiger partial charge in [0.15, 0.2) is 5.78 Å². The first-order chi connectivity index (χ1) is 16.0. The lowest BCUT2D eigenvalue weighted by molar-refractivity contribution is -0.130. The van der Waals surface area contributed by atoms with Crippen LogP contribution in [-0.2, 0) is 25.7 Å². The van der Waals surface area contributed by atoms with Crippen LogP contribution in [0.5, 0.6) is 0 Å². The van der Waals surface area contributed by atoms with E-state index in [4.69, 9.17) is 4.74 Å². The second-order valence-electron chi connectivity index (χ2n) is 10.3. The molecule has 0 saturated carbocycles. The summed E-state index contributed by atoms with van der Waals surface area (Å²) in [6.07, 6.45) is 1.74. The minimum atomic E-state index is -0.830. The Kier molecular flexibility index (Phi) is 13.2. The van der Waals surface area contributed by atoms with E-state index < -0.39 is 24.1 Å². The van der Waals surface area contributed by atoms with Crippen molar-refractivity contribution >= 4 is 24.1 Å². The van der Waals surface area contributed by atoms with Crippen LogP contribution < -0.4 is 10.6 Å². The van der Waals surface area contributed by atoms with E-state index in [1.54, 1.807) is 0 Å². The first-order valence-electron chi connectivity index (χ1n) is 12.3. The van der Waals surface area contributed by atoms with E-state index in [9.17, 15) is 19.2 Å². The number of benzene rings is 1. The molecule has 3 atom stereocenters. The number of rotatable bonds is 15. The topological polar surface area (TPSA) is 102 Å². The Balaban J connectivity index is 2.84. The van der Waals surface area contributed by atoms with Crippen molar-refractivity contribution in [3.8, 4) is 0 Å². The summed E-state index contributed by atoms with van der Waals surface area (Å²) in [6.45, 7) is 12.0. The second kappa shape index (κ2) is 15.3. The number of nitrogens with one attached hydrogen (secondary N) is 2. The maximum absolute atomic E-state index is 13.1. The molecule has 34 heavy (non-hydrogen) atoms. The molecule has 0 saturated heterocycles. The maximum atomic E-state index is 13.1. The molecule has 1 aromatic rings. The van der Waals surface area contributed by atoms with Crippen molar-refractivity contribution in [1.29, 1.82) is 0 Å². The summed E-state index contributed by atoms with van der Waals surface area (Å²) in [5, 5.41) is 5.49. The standard InChI is InChI=1S/C27H42N2O5/c1-18(2)12-22(16-30)15-25(31)23(13-19(3)4)28-26(32)24(14-20(5)6)29-27(33)34-17-21-10-8-7-9-11-21/h7-11,16,18-20,22-24H,12-15,17H2,1-6H3,(H,28,32)(H,29,33)/t22-,23+,24+/m1/s1. The Morgan fingerprint density at radius 1 is 0.824 bits per heavy atom. The second-order valence-corrected chi connectivity index (χ2v) is 10.3. The first kappa shape index (κ1) is 29.3. The van der Waals surface area contributed by atoms with E-state index in [0.717, 1.165) is 11.8 Å². The maximum Gasteiger partial charge on any atom is 0.408 e. The largest absolute Gasteiger partial charge is 0.445 e. The molecule has 0 heterocycles. The molecule has 7 nitrogen and oxygen atoms in total. The van der Waals surface area contributed by atoms with Gasteiger partial charge in [-0.1, -0.05) is 71.9 Å². The van der Waals surface area contributed by atoms with Crippen LogP contribution in [0.25, 0.3) is 0 Å². The lowest BCUT2D eigenvalue weighted by Crippen LogP contribution is -2.52. The van der Waals surface area contributed by atoms with Crippen LogP contribution in [0.4, 0.5) is 4.79 Å². The van der Waals surface area contributed by atoms with E-state index in [0.29, 0.717) is 25.2 Å². The minimum Gasteiger partial charge on any atom is -0.445 e. The summed E-state index contributed by atoms with van der Waals surface area (Å²) in [5.41, 5.74) is 0.844. The summed E-state index contributed by atoms with van der Waals surface area (Å²) in [4.78, 5) is 50.0. The number of carbonyl (C=O) groups excluding carboxylic acids is 4. The summed E-state index contributed by atoms with van der Waals surface area (Å²) < 4.78 is 5.28. The summed E-state index contributed by atoms with van der Waals surface area (Å²) in [6, 6.07) is 7.74. The number of ketones is 1. The van der Waals surface area contributed by atoms with Gasteiger partial charge in [-0.15, -0.1) is 0 Å². The van der Waals surface area contributed by atoms with Gasteiger partial charge in [0, 0.05) is 12.3 Å². The summed E-state index contributed by atoms with van der Waals surface area (Å²) in [5.74, 6) is -0.346. The van der Waals surface area contributed by atoms with Crippen molar-refractivity contribution in [1.82, 2.24) is 10.6 Å². The molecule has 0 aliphatic rings. The number of aldehydes is 1. The third kappa shape index (κ3) is 12.0. The van der Waals surface area contributed by atoms with Crippen molar-refractivity contribution in [3.05, 3.63) is 35.9 Å². The van der Waals surface area contributed by atoms with Crippen molar-refractivity contribution < 1.29 is 23.9 Å². The molecule has 1 aromatic carbocycles. The van der Waals surface area contributed by atoms with E-state index in [1.807, 2.05) is 71.9 Å². The molecular formula is C27H42N2O5. The lowest BCUT2D eigenvalue weighted by atomic mass is 9.89. The monoisotopic (exact) mass is 474 g/mol. The van der Waals surface area contributed by atoms with Crippen molar-refractivity contribution in [2.24, 2.45) is 23.7 Å². The molecule has 0 spiro atoms. The molecule has 0 bridgehead atoms. The van der Waals surface area contributed by atoms with Gasteiger partial charge < -0.3 is 20.2 Å². The van der Waals surface area contributed by atoms with Gasteiger partial charge in [-0.3, -0.25) is 9.59 Å². The lowest BCUT2D eigenvalue weighted by Gasteiger charge is -2.25. The Morgan fingerprint density at radius 3 is 1.91 bits per heavy atom. The van der Waals surface area contributed by atoms with Crippen LogP contribution in [0.3, 0.4) is 0 Å². The Labute approximate surface area is 204 Å². The molecule has 0 fully saturated rings. The highest BCUT2D eigenvalue weighted by Gasteiger charge is 2.29. The summed E-state index contributed by atoms with van der Waals surface area (Å²) in [7, 11) is 0. The first-order valence-corrected chi connectivity index (χ1v) is 12.3. The van der Waals surface area contributed by atoms with Gasteiger partial charge in [0.1, 0.15) is 18.9 Å². The van der Waals surface area contributed by atoms with E-state index in [2.05, 4.69) is 10.6 Å². The fourth-order valence-corrected chi connectivity index (χ4v) is 3.82. The van der Waals surface area contributed by atoms with Gasteiger partial charge in [-0.2, -0.15) is 0 Å². The predicted molar refractivity (Wildman–Crippen MR) is 133 cm³/mol. The Bertz CT molecular complexity index is 776. The molecule has 7 heteroatoms. The highest BCUT2D eigenvalue weighted by Crippen LogP contribution is 2.17. The van der Waals surface area contributed by atoms with Crippen molar-refractivity contribution in [3.63, 3.8) is 0 Å². The van der Waals surface area contributed by atoms with Gasteiger partial charge in [0.25, 0.3) is 0 Å². The molecule has 1 rings (SSSR count).